The van der Waals surface area contributed by atoms with Gasteiger partial charge < -0.3 is 10.2 Å². The lowest BCUT2D eigenvalue weighted by Crippen LogP contribution is -2.32. The van der Waals surface area contributed by atoms with Crippen LogP contribution in [-0.2, 0) is 0 Å². The molecule has 0 aromatic carbocycles. The minimum absolute atomic E-state index is 0.0574. The van der Waals surface area contributed by atoms with Crippen molar-refractivity contribution in [3.05, 3.63) is 59.6 Å². The highest BCUT2D eigenvalue weighted by Gasteiger charge is 2.20. The first-order chi connectivity index (χ1) is 13.9. The smallest absolute Gasteiger partial charge is 0.286 e. The van der Waals surface area contributed by atoms with Gasteiger partial charge in [-0.25, -0.2) is 19.9 Å². The van der Waals surface area contributed by atoms with Crippen molar-refractivity contribution in [2.24, 2.45) is 5.73 Å². The third-order valence-electron chi connectivity index (χ3n) is 4.01. The summed E-state index contributed by atoms with van der Waals surface area (Å²) in [4.78, 5) is 41.3. The number of carbonyl (C=O) groups is 2. The zero-order valence-corrected chi connectivity index (χ0v) is 15.5. The number of nitrogens with zero attached hydrogens (tertiary/aromatic N) is 5. The summed E-state index contributed by atoms with van der Waals surface area (Å²) in [6.07, 6.45) is 2.78. The molecule has 11 nitrogen and oxygen atoms in total. The molecule has 11 heteroatoms. The number of aromatic nitrogens is 5. The molecule has 0 spiro atoms. The standard InChI is InChI=1S/C18H16N8O3/c1-9-6-10(2)22-18(21-9)25-24-17(28)12-7-11(13-4-3-5-29-13)23-16-14(15(19)27)20-8-26(12)16/h3-8H,1-2H3,(H2,19,27)(H,24,28)(H,21,22,25). The van der Waals surface area contributed by atoms with E-state index in [2.05, 4.69) is 30.8 Å². The Labute approximate surface area is 164 Å². The third kappa shape index (κ3) is 3.48. The molecule has 0 fully saturated rings. The van der Waals surface area contributed by atoms with Gasteiger partial charge >= 0.3 is 0 Å². The van der Waals surface area contributed by atoms with Crippen molar-refractivity contribution in [2.75, 3.05) is 5.43 Å². The van der Waals surface area contributed by atoms with E-state index < -0.39 is 11.8 Å². The maximum atomic E-state index is 12.9. The number of hydrogen-bond donors (Lipinski definition) is 3. The van der Waals surface area contributed by atoms with Crippen LogP contribution < -0.4 is 16.6 Å². The summed E-state index contributed by atoms with van der Waals surface area (Å²) >= 11 is 0. The van der Waals surface area contributed by atoms with Gasteiger partial charge in [0, 0.05) is 11.4 Å². The number of imidazole rings is 1. The van der Waals surface area contributed by atoms with Gasteiger partial charge in [-0.1, -0.05) is 0 Å². The van der Waals surface area contributed by atoms with Crippen LogP contribution in [0, 0.1) is 13.8 Å². The topological polar surface area (TPSA) is 153 Å². The van der Waals surface area contributed by atoms with Crippen molar-refractivity contribution in [1.82, 2.24) is 29.8 Å². The summed E-state index contributed by atoms with van der Waals surface area (Å²) in [7, 11) is 0. The monoisotopic (exact) mass is 392 g/mol. The average molecular weight is 392 g/mol. The number of fused-ring (bicyclic) bond motifs is 1. The molecule has 0 bridgehead atoms. The van der Waals surface area contributed by atoms with Gasteiger partial charge in [0.2, 0.25) is 5.95 Å². The molecule has 4 aromatic rings. The Kier molecular flexibility index (Phi) is 4.39. The fourth-order valence-corrected chi connectivity index (χ4v) is 2.83. The second kappa shape index (κ2) is 7.03. The molecule has 4 N–H and O–H groups in total. The largest absolute Gasteiger partial charge is 0.463 e. The molecular formula is C18H16N8O3. The molecular weight excluding hydrogens is 376 g/mol. The molecule has 4 rings (SSSR count). The summed E-state index contributed by atoms with van der Waals surface area (Å²) in [5.41, 5.74) is 12.7. The summed E-state index contributed by atoms with van der Waals surface area (Å²) in [6, 6.07) is 6.69. The number of hydrogen-bond acceptors (Lipinski definition) is 8. The van der Waals surface area contributed by atoms with E-state index in [4.69, 9.17) is 10.2 Å². The van der Waals surface area contributed by atoms with Crippen LogP contribution >= 0.6 is 0 Å². The van der Waals surface area contributed by atoms with E-state index in [9.17, 15) is 9.59 Å². The molecule has 0 saturated carbocycles. The highest BCUT2D eigenvalue weighted by Crippen LogP contribution is 2.21. The zero-order valence-electron chi connectivity index (χ0n) is 15.5. The van der Waals surface area contributed by atoms with E-state index in [1.54, 1.807) is 12.1 Å². The van der Waals surface area contributed by atoms with E-state index in [0.717, 1.165) is 11.4 Å². The fraction of sp³-hybridized carbons (Fsp3) is 0.111. The van der Waals surface area contributed by atoms with Gasteiger partial charge in [-0.2, -0.15) is 0 Å². The number of hydrazine groups is 1. The van der Waals surface area contributed by atoms with Crippen molar-refractivity contribution in [3.8, 4) is 11.5 Å². The minimum atomic E-state index is -0.760. The molecule has 0 aliphatic carbocycles. The van der Waals surface area contributed by atoms with E-state index in [1.807, 2.05) is 19.9 Å². The summed E-state index contributed by atoms with van der Waals surface area (Å²) < 4.78 is 6.73. The quantitative estimate of drug-likeness (QED) is 0.429. The number of aryl methyl sites for hydroxylation is 2. The molecule has 4 aromatic heterocycles. The predicted octanol–water partition coefficient (Wildman–Crippen LogP) is 1.25. The Morgan fingerprint density at radius 3 is 2.55 bits per heavy atom. The molecule has 146 valence electrons. The highest BCUT2D eigenvalue weighted by atomic mass is 16.3. The van der Waals surface area contributed by atoms with Crippen molar-refractivity contribution < 1.29 is 14.0 Å². The van der Waals surface area contributed by atoms with Crippen molar-refractivity contribution in [2.45, 2.75) is 13.8 Å². The third-order valence-corrected chi connectivity index (χ3v) is 4.01. The summed E-state index contributed by atoms with van der Waals surface area (Å²) in [6.45, 7) is 3.64. The molecule has 2 amide bonds. The van der Waals surface area contributed by atoms with Crippen molar-refractivity contribution in [1.29, 1.82) is 0 Å². The van der Waals surface area contributed by atoms with E-state index in [0.29, 0.717) is 11.5 Å². The van der Waals surface area contributed by atoms with Gasteiger partial charge in [0.25, 0.3) is 11.8 Å². The number of amides is 2. The van der Waals surface area contributed by atoms with E-state index in [1.165, 1.54) is 23.1 Å². The molecule has 0 aliphatic rings. The number of nitrogens with two attached hydrogens (primary N) is 1. The molecule has 29 heavy (non-hydrogen) atoms. The first-order valence-electron chi connectivity index (χ1n) is 8.53. The lowest BCUT2D eigenvalue weighted by molar-refractivity contribution is 0.0953. The van der Waals surface area contributed by atoms with Crippen LogP contribution in [0.25, 0.3) is 17.1 Å². The van der Waals surface area contributed by atoms with Crippen LogP contribution in [0.15, 0.2) is 41.3 Å². The van der Waals surface area contributed by atoms with Crippen LogP contribution in [0.4, 0.5) is 5.95 Å². The van der Waals surface area contributed by atoms with Gasteiger partial charge in [-0.3, -0.25) is 24.8 Å². The molecule has 0 radical (unpaired) electrons. The maximum Gasteiger partial charge on any atom is 0.286 e. The number of rotatable bonds is 5. The van der Waals surface area contributed by atoms with Gasteiger partial charge in [0.15, 0.2) is 17.1 Å². The molecule has 4 heterocycles. The fourth-order valence-electron chi connectivity index (χ4n) is 2.83. The van der Waals surface area contributed by atoms with E-state index >= 15 is 0 Å². The molecule has 0 atom stereocenters. The minimum Gasteiger partial charge on any atom is -0.463 e. The first kappa shape index (κ1) is 18.1. The van der Waals surface area contributed by atoms with Gasteiger partial charge in [-0.05, 0) is 38.1 Å². The highest BCUT2D eigenvalue weighted by molar-refractivity contribution is 5.99. The predicted molar refractivity (Wildman–Crippen MR) is 102 cm³/mol. The SMILES string of the molecule is Cc1cc(C)nc(NNC(=O)c2cc(-c3ccco3)nc3c(C(N)=O)ncn23)n1. The Morgan fingerprint density at radius 2 is 1.90 bits per heavy atom. The molecule has 0 aliphatic heterocycles. The Hall–Kier alpha value is -4.28. The van der Waals surface area contributed by atoms with Crippen LogP contribution in [0.5, 0.6) is 0 Å². The second-order valence-corrected chi connectivity index (χ2v) is 6.21. The van der Waals surface area contributed by atoms with Crippen molar-refractivity contribution >= 4 is 23.4 Å². The van der Waals surface area contributed by atoms with Crippen LogP contribution in [0.3, 0.4) is 0 Å². The lowest BCUT2D eigenvalue weighted by atomic mass is 10.2. The number of nitrogens with one attached hydrogen (secondary N) is 2. The van der Waals surface area contributed by atoms with Crippen LogP contribution in [-0.4, -0.2) is 36.2 Å². The first-order valence-corrected chi connectivity index (χ1v) is 8.53. The van der Waals surface area contributed by atoms with E-state index in [-0.39, 0.29) is 23.0 Å². The normalized spacial score (nSPS) is 10.8. The lowest BCUT2D eigenvalue weighted by Gasteiger charge is -2.10. The number of anilines is 1. The summed E-state index contributed by atoms with van der Waals surface area (Å²) in [5.74, 6) is -0.620. The Balaban J connectivity index is 1.73. The number of furan rings is 1. The number of primary amides is 1. The van der Waals surface area contributed by atoms with Crippen LogP contribution in [0.2, 0.25) is 0 Å². The Morgan fingerprint density at radius 1 is 1.14 bits per heavy atom. The Bertz CT molecular complexity index is 1210. The van der Waals surface area contributed by atoms with Gasteiger partial charge in [0.1, 0.15) is 17.7 Å². The van der Waals surface area contributed by atoms with Gasteiger partial charge in [0.05, 0.1) is 6.26 Å². The maximum absolute atomic E-state index is 12.9. The second-order valence-electron chi connectivity index (χ2n) is 6.21. The number of carbonyl (C=O) groups excluding carboxylic acids is 2. The summed E-state index contributed by atoms with van der Waals surface area (Å²) in [5, 5.41) is 0. The van der Waals surface area contributed by atoms with Crippen LogP contribution in [0.1, 0.15) is 32.4 Å². The van der Waals surface area contributed by atoms with Gasteiger partial charge in [-0.15, -0.1) is 0 Å². The molecule has 0 unspecified atom stereocenters. The molecule has 0 saturated heterocycles. The average Bonchev–Trinajstić information content (AvgIpc) is 3.34. The van der Waals surface area contributed by atoms with Crippen molar-refractivity contribution in [3.63, 3.8) is 0 Å². The zero-order chi connectivity index (χ0) is 20.5.